The van der Waals surface area contributed by atoms with Gasteiger partial charge in [-0.15, -0.1) is 0 Å². The summed E-state index contributed by atoms with van der Waals surface area (Å²) in [6.45, 7) is 4.06. The Morgan fingerprint density at radius 3 is 2.55 bits per heavy atom. The summed E-state index contributed by atoms with van der Waals surface area (Å²) in [6.07, 6.45) is 0.807. The standard InChI is InChI=1S/C22H29N5O2/c1-23-21(29)18-7-5-6-17(16-18)10-11-25-22(24-2)27-14-12-26(13-15-27)19-8-3-4-9-20(19)28/h3-9,16,28H,10-15H2,1-2H3,(H,23,29)(H,24,25). The van der Waals surface area contributed by atoms with Gasteiger partial charge in [0.2, 0.25) is 0 Å². The molecule has 7 heteroatoms. The molecule has 3 rings (SSSR count). The molecule has 1 aliphatic rings. The first-order chi connectivity index (χ1) is 14.1. The van der Waals surface area contributed by atoms with Crippen molar-refractivity contribution < 1.29 is 9.90 Å². The molecule has 1 amide bonds. The van der Waals surface area contributed by atoms with Gasteiger partial charge in [0.15, 0.2) is 5.96 Å². The lowest BCUT2D eigenvalue weighted by atomic mass is 10.1. The lowest BCUT2D eigenvalue weighted by molar-refractivity contribution is 0.0963. The number of carbonyl (C=O) groups excluding carboxylic acids is 1. The van der Waals surface area contributed by atoms with E-state index < -0.39 is 0 Å². The number of aromatic hydroxyl groups is 1. The van der Waals surface area contributed by atoms with Crippen LogP contribution < -0.4 is 15.5 Å². The molecule has 2 aromatic rings. The molecule has 0 atom stereocenters. The van der Waals surface area contributed by atoms with E-state index >= 15 is 0 Å². The van der Waals surface area contributed by atoms with Crippen LogP contribution >= 0.6 is 0 Å². The fourth-order valence-electron chi connectivity index (χ4n) is 3.55. The number of amides is 1. The maximum absolute atomic E-state index is 11.8. The number of piperazine rings is 1. The maximum Gasteiger partial charge on any atom is 0.251 e. The summed E-state index contributed by atoms with van der Waals surface area (Å²) in [5.41, 5.74) is 2.67. The Kier molecular flexibility index (Phi) is 6.94. The lowest BCUT2D eigenvalue weighted by Crippen LogP contribution is -2.52. The fraction of sp³-hybridized carbons (Fsp3) is 0.364. The van der Waals surface area contributed by atoms with E-state index in [9.17, 15) is 9.90 Å². The van der Waals surface area contributed by atoms with Crippen molar-refractivity contribution in [1.82, 2.24) is 15.5 Å². The highest BCUT2D eigenvalue weighted by Crippen LogP contribution is 2.27. The largest absolute Gasteiger partial charge is 0.506 e. The number of phenols is 1. The normalized spacial score (nSPS) is 14.6. The molecule has 0 saturated carbocycles. The number of hydrogen-bond acceptors (Lipinski definition) is 4. The van der Waals surface area contributed by atoms with Crippen LogP contribution in [0.2, 0.25) is 0 Å². The van der Waals surface area contributed by atoms with Gasteiger partial charge in [-0.3, -0.25) is 9.79 Å². The molecule has 29 heavy (non-hydrogen) atoms. The Labute approximate surface area is 172 Å². The number of aliphatic imine (C=N–C) groups is 1. The average molecular weight is 396 g/mol. The molecule has 0 radical (unpaired) electrons. The summed E-state index contributed by atoms with van der Waals surface area (Å²) in [4.78, 5) is 20.6. The molecule has 154 valence electrons. The van der Waals surface area contributed by atoms with Crippen LogP contribution in [0, 0.1) is 0 Å². The summed E-state index contributed by atoms with van der Waals surface area (Å²) in [6, 6.07) is 15.1. The topological polar surface area (TPSA) is 80.2 Å². The number of carbonyl (C=O) groups is 1. The third-order valence-electron chi connectivity index (χ3n) is 5.13. The smallest absolute Gasteiger partial charge is 0.251 e. The number of nitrogens with one attached hydrogen (secondary N) is 2. The molecule has 0 aromatic heterocycles. The van der Waals surface area contributed by atoms with E-state index in [1.54, 1.807) is 20.2 Å². The van der Waals surface area contributed by atoms with Crippen molar-refractivity contribution in [2.24, 2.45) is 4.99 Å². The Hall–Kier alpha value is -3.22. The van der Waals surface area contributed by atoms with Crippen LogP contribution in [0.4, 0.5) is 5.69 Å². The quantitative estimate of drug-likeness (QED) is 0.530. The number of phenolic OH excluding ortho intramolecular Hbond substituents is 1. The number of guanidine groups is 1. The summed E-state index contributed by atoms with van der Waals surface area (Å²) >= 11 is 0. The number of nitrogens with zero attached hydrogens (tertiary/aromatic N) is 3. The van der Waals surface area contributed by atoms with Crippen molar-refractivity contribution >= 4 is 17.6 Å². The molecule has 1 saturated heterocycles. The Balaban J connectivity index is 1.50. The van der Waals surface area contributed by atoms with Crippen molar-refractivity contribution in [3.8, 4) is 5.75 Å². The van der Waals surface area contributed by atoms with Gasteiger partial charge in [0.25, 0.3) is 5.91 Å². The predicted molar refractivity (Wildman–Crippen MR) is 117 cm³/mol. The predicted octanol–water partition coefficient (Wildman–Crippen LogP) is 1.69. The molecule has 7 nitrogen and oxygen atoms in total. The molecule has 1 aliphatic heterocycles. The summed E-state index contributed by atoms with van der Waals surface area (Å²) < 4.78 is 0. The zero-order valence-electron chi connectivity index (χ0n) is 17.1. The second-order valence-electron chi connectivity index (χ2n) is 6.97. The van der Waals surface area contributed by atoms with Crippen molar-refractivity contribution in [2.75, 3.05) is 51.7 Å². The number of rotatable bonds is 5. The minimum absolute atomic E-state index is 0.0713. The Morgan fingerprint density at radius 2 is 1.86 bits per heavy atom. The summed E-state index contributed by atoms with van der Waals surface area (Å²) in [5, 5.41) is 16.1. The van der Waals surface area contributed by atoms with Crippen LogP contribution in [0.5, 0.6) is 5.75 Å². The molecule has 0 unspecified atom stereocenters. The molecule has 0 aliphatic carbocycles. The third-order valence-corrected chi connectivity index (χ3v) is 5.13. The highest BCUT2D eigenvalue weighted by Gasteiger charge is 2.21. The minimum atomic E-state index is -0.0713. The number of para-hydroxylation sites is 2. The van der Waals surface area contributed by atoms with Crippen molar-refractivity contribution in [1.29, 1.82) is 0 Å². The molecular formula is C22H29N5O2. The summed E-state index contributed by atoms with van der Waals surface area (Å²) in [7, 11) is 3.43. The highest BCUT2D eigenvalue weighted by molar-refractivity contribution is 5.94. The zero-order chi connectivity index (χ0) is 20.6. The number of anilines is 1. The van der Waals surface area contributed by atoms with Crippen LogP contribution in [0.25, 0.3) is 0 Å². The van der Waals surface area contributed by atoms with Gasteiger partial charge in [0, 0.05) is 52.4 Å². The van der Waals surface area contributed by atoms with Crippen molar-refractivity contribution in [3.05, 3.63) is 59.7 Å². The van der Waals surface area contributed by atoms with E-state index in [1.807, 2.05) is 42.5 Å². The molecular weight excluding hydrogens is 366 g/mol. The second kappa shape index (κ2) is 9.82. The first kappa shape index (κ1) is 20.5. The molecule has 1 fully saturated rings. The third kappa shape index (κ3) is 5.19. The van der Waals surface area contributed by atoms with Gasteiger partial charge in [-0.05, 0) is 36.2 Å². The molecule has 1 heterocycles. The van der Waals surface area contributed by atoms with Gasteiger partial charge in [0.05, 0.1) is 5.69 Å². The molecule has 2 aromatic carbocycles. The van der Waals surface area contributed by atoms with Crippen LogP contribution in [0.3, 0.4) is 0 Å². The van der Waals surface area contributed by atoms with Crippen LogP contribution in [0.15, 0.2) is 53.5 Å². The lowest BCUT2D eigenvalue weighted by Gasteiger charge is -2.37. The van der Waals surface area contributed by atoms with E-state index in [4.69, 9.17) is 0 Å². The van der Waals surface area contributed by atoms with E-state index in [0.29, 0.717) is 11.3 Å². The van der Waals surface area contributed by atoms with Crippen molar-refractivity contribution in [3.63, 3.8) is 0 Å². The zero-order valence-corrected chi connectivity index (χ0v) is 17.1. The van der Waals surface area contributed by atoms with Gasteiger partial charge in [-0.1, -0.05) is 24.3 Å². The van der Waals surface area contributed by atoms with E-state index in [0.717, 1.165) is 56.4 Å². The number of hydrogen-bond donors (Lipinski definition) is 3. The maximum atomic E-state index is 11.8. The molecule has 0 spiro atoms. The summed E-state index contributed by atoms with van der Waals surface area (Å²) in [5.74, 6) is 1.13. The van der Waals surface area contributed by atoms with Gasteiger partial charge in [0.1, 0.15) is 5.75 Å². The molecule has 0 bridgehead atoms. The second-order valence-corrected chi connectivity index (χ2v) is 6.97. The van der Waals surface area contributed by atoms with E-state index in [-0.39, 0.29) is 5.91 Å². The van der Waals surface area contributed by atoms with Gasteiger partial charge < -0.3 is 25.5 Å². The Morgan fingerprint density at radius 1 is 1.10 bits per heavy atom. The first-order valence-corrected chi connectivity index (χ1v) is 9.92. The van der Waals surface area contributed by atoms with Crippen LogP contribution in [0.1, 0.15) is 15.9 Å². The van der Waals surface area contributed by atoms with Gasteiger partial charge in [-0.25, -0.2) is 0 Å². The SMILES string of the molecule is CN=C(NCCc1cccc(C(=O)NC)c1)N1CCN(c2ccccc2O)CC1. The number of benzene rings is 2. The Bertz CT molecular complexity index is 860. The first-order valence-electron chi connectivity index (χ1n) is 9.92. The minimum Gasteiger partial charge on any atom is -0.506 e. The van der Waals surface area contributed by atoms with E-state index in [2.05, 4.69) is 25.4 Å². The van der Waals surface area contributed by atoms with Crippen LogP contribution in [-0.4, -0.2) is 68.7 Å². The van der Waals surface area contributed by atoms with E-state index in [1.165, 1.54) is 0 Å². The van der Waals surface area contributed by atoms with Crippen molar-refractivity contribution in [2.45, 2.75) is 6.42 Å². The van der Waals surface area contributed by atoms with Gasteiger partial charge >= 0.3 is 0 Å². The molecule has 3 N–H and O–H groups in total. The van der Waals surface area contributed by atoms with Gasteiger partial charge in [-0.2, -0.15) is 0 Å². The fourth-order valence-corrected chi connectivity index (χ4v) is 3.55. The average Bonchev–Trinajstić information content (AvgIpc) is 2.77. The van der Waals surface area contributed by atoms with Crippen LogP contribution in [-0.2, 0) is 6.42 Å². The monoisotopic (exact) mass is 395 g/mol. The highest BCUT2D eigenvalue weighted by atomic mass is 16.3.